The van der Waals surface area contributed by atoms with Crippen LogP contribution in [0.4, 0.5) is 0 Å². The van der Waals surface area contributed by atoms with Gasteiger partial charge >= 0.3 is 0 Å². The quantitative estimate of drug-likeness (QED) is 0.800. The standard InChI is InChI=1S/C17H30N2O2/c1-14-6-4-10-18(12-14)16(20)8-3-9-17(21)19-11-5-7-15(2)13-19/h14-15H,3-13H2,1-2H3/t14-,15-/m1/s1. The number of nitrogens with zero attached hydrogens (tertiary/aromatic N) is 2. The Balaban J connectivity index is 1.66. The molecule has 0 radical (unpaired) electrons. The van der Waals surface area contributed by atoms with Crippen LogP contribution in [0.2, 0.25) is 0 Å². The Morgan fingerprint density at radius 1 is 0.857 bits per heavy atom. The molecule has 2 saturated heterocycles. The molecule has 0 N–H and O–H groups in total. The van der Waals surface area contributed by atoms with Crippen LogP contribution in [0.15, 0.2) is 0 Å². The second-order valence-electron chi connectivity index (χ2n) is 7.03. The summed E-state index contributed by atoms with van der Waals surface area (Å²) in [6, 6.07) is 0. The molecule has 4 heteroatoms. The minimum atomic E-state index is 0.237. The molecule has 0 aromatic heterocycles. The third-order valence-electron chi connectivity index (χ3n) is 4.80. The molecule has 0 bridgehead atoms. The molecule has 0 unspecified atom stereocenters. The van der Waals surface area contributed by atoms with Gasteiger partial charge < -0.3 is 9.80 Å². The summed E-state index contributed by atoms with van der Waals surface area (Å²) >= 11 is 0. The van der Waals surface area contributed by atoms with Gasteiger partial charge in [0.25, 0.3) is 0 Å². The lowest BCUT2D eigenvalue weighted by Crippen LogP contribution is -2.40. The number of rotatable bonds is 4. The van der Waals surface area contributed by atoms with E-state index in [1.807, 2.05) is 9.80 Å². The van der Waals surface area contributed by atoms with Crippen LogP contribution >= 0.6 is 0 Å². The first kappa shape index (κ1) is 16.3. The minimum Gasteiger partial charge on any atom is -0.342 e. The molecule has 2 heterocycles. The van der Waals surface area contributed by atoms with E-state index in [9.17, 15) is 9.59 Å². The van der Waals surface area contributed by atoms with E-state index in [1.165, 1.54) is 12.8 Å². The SMILES string of the molecule is C[C@@H]1CCCN(C(=O)CCCC(=O)N2CCC[C@@H](C)C2)C1. The van der Waals surface area contributed by atoms with Gasteiger partial charge in [-0.15, -0.1) is 0 Å². The molecule has 2 rings (SSSR count). The minimum absolute atomic E-state index is 0.237. The summed E-state index contributed by atoms with van der Waals surface area (Å²) in [5.74, 6) is 1.72. The number of amides is 2. The highest BCUT2D eigenvalue weighted by molar-refractivity contribution is 5.79. The van der Waals surface area contributed by atoms with Gasteiger partial charge in [-0.2, -0.15) is 0 Å². The first-order chi connectivity index (χ1) is 10.1. The molecular weight excluding hydrogens is 264 g/mol. The predicted molar refractivity (Wildman–Crippen MR) is 83.8 cm³/mol. The fourth-order valence-electron chi connectivity index (χ4n) is 3.54. The highest BCUT2D eigenvalue weighted by Gasteiger charge is 2.23. The molecule has 21 heavy (non-hydrogen) atoms. The number of likely N-dealkylation sites (tertiary alicyclic amines) is 2. The lowest BCUT2D eigenvalue weighted by atomic mass is 9.99. The highest BCUT2D eigenvalue weighted by atomic mass is 16.2. The highest BCUT2D eigenvalue weighted by Crippen LogP contribution is 2.18. The number of carbonyl (C=O) groups excluding carboxylic acids is 2. The Kier molecular flexibility index (Phi) is 6.07. The summed E-state index contributed by atoms with van der Waals surface area (Å²) in [5, 5.41) is 0. The zero-order chi connectivity index (χ0) is 15.2. The first-order valence-corrected chi connectivity index (χ1v) is 8.62. The van der Waals surface area contributed by atoms with Crippen LogP contribution in [0, 0.1) is 11.8 Å². The zero-order valence-corrected chi connectivity index (χ0v) is 13.6. The Morgan fingerprint density at radius 2 is 1.29 bits per heavy atom. The van der Waals surface area contributed by atoms with E-state index in [2.05, 4.69) is 13.8 Å². The van der Waals surface area contributed by atoms with E-state index >= 15 is 0 Å². The van der Waals surface area contributed by atoms with Crippen molar-refractivity contribution in [3.05, 3.63) is 0 Å². The second-order valence-corrected chi connectivity index (χ2v) is 7.03. The molecule has 2 aliphatic rings. The summed E-state index contributed by atoms with van der Waals surface area (Å²) in [4.78, 5) is 28.3. The molecule has 0 aromatic carbocycles. The maximum absolute atomic E-state index is 12.2. The van der Waals surface area contributed by atoms with Gasteiger partial charge in [-0.3, -0.25) is 9.59 Å². The third kappa shape index (κ3) is 5.01. The Bertz CT molecular complexity index is 336. The van der Waals surface area contributed by atoms with Crippen molar-refractivity contribution >= 4 is 11.8 Å². The second kappa shape index (κ2) is 7.81. The molecular formula is C17H30N2O2. The smallest absolute Gasteiger partial charge is 0.222 e. The lowest BCUT2D eigenvalue weighted by Gasteiger charge is -2.32. The Hall–Kier alpha value is -1.06. The van der Waals surface area contributed by atoms with Gasteiger partial charge in [-0.1, -0.05) is 13.8 Å². The molecule has 0 spiro atoms. The van der Waals surface area contributed by atoms with Gasteiger partial charge in [0.15, 0.2) is 0 Å². The van der Waals surface area contributed by atoms with Gasteiger partial charge in [0.2, 0.25) is 11.8 Å². The zero-order valence-electron chi connectivity index (χ0n) is 13.6. The molecule has 2 aliphatic heterocycles. The lowest BCUT2D eigenvalue weighted by molar-refractivity contribution is -0.134. The van der Waals surface area contributed by atoms with Crippen molar-refractivity contribution in [3.63, 3.8) is 0 Å². The topological polar surface area (TPSA) is 40.6 Å². The Morgan fingerprint density at radius 3 is 1.67 bits per heavy atom. The van der Waals surface area contributed by atoms with Gasteiger partial charge in [-0.25, -0.2) is 0 Å². The van der Waals surface area contributed by atoms with E-state index in [-0.39, 0.29) is 11.8 Å². The molecule has 2 amide bonds. The maximum Gasteiger partial charge on any atom is 0.222 e. The largest absolute Gasteiger partial charge is 0.342 e. The maximum atomic E-state index is 12.2. The van der Waals surface area contributed by atoms with E-state index in [0.717, 1.165) is 39.0 Å². The van der Waals surface area contributed by atoms with Gasteiger partial charge in [0, 0.05) is 39.0 Å². The number of hydrogen-bond acceptors (Lipinski definition) is 2. The third-order valence-corrected chi connectivity index (χ3v) is 4.80. The van der Waals surface area contributed by atoms with Gasteiger partial charge in [0.05, 0.1) is 0 Å². The van der Waals surface area contributed by atoms with Crippen LogP contribution < -0.4 is 0 Å². The molecule has 4 nitrogen and oxygen atoms in total. The fourth-order valence-corrected chi connectivity index (χ4v) is 3.54. The van der Waals surface area contributed by atoms with Crippen molar-refractivity contribution in [3.8, 4) is 0 Å². The summed E-state index contributed by atoms with van der Waals surface area (Å²) < 4.78 is 0. The van der Waals surface area contributed by atoms with Crippen LogP contribution in [-0.4, -0.2) is 47.8 Å². The summed E-state index contributed by atoms with van der Waals surface area (Å²) in [6.07, 6.45) is 6.47. The van der Waals surface area contributed by atoms with E-state index in [1.54, 1.807) is 0 Å². The summed E-state index contributed by atoms with van der Waals surface area (Å²) in [6.45, 7) is 8.02. The molecule has 120 valence electrons. The number of piperidine rings is 2. The average molecular weight is 294 g/mol. The van der Waals surface area contributed by atoms with Gasteiger partial charge in [0.1, 0.15) is 0 Å². The van der Waals surface area contributed by atoms with E-state index < -0.39 is 0 Å². The van der Waals surface area contributed by atoms with Crippen molar-refractivity contribution in [1.82, 2.24) is 9.80 Å². The van der Waals surface area contributed by atoms with Crippen LogP contribution in [0.1, 0.15) is 58.8 Å². The molecule has 0 aliphatic carbocycles. The van der Waals surface area contributed by atoms with Crippen molar-refractivity contribution < 1.29 is 9.59 Å². The summed E-state index contributed by atoms with van der Waals surface area (Å²) in [5.41, 5.74) is 0. The average Bonchev–Trinajstić information content (AvgIpc) is 2.47. The van der Waals surface area contributed by atoms with Gasteiger partial charge in [-0.05, 0) is 43.9 Å². The van der Waals surface area contributed by atoms with Crippen LogP contribution in [0.25, 0.3) is 0 Å². The predicted octanol–water partition coefficient (Wildman–Crippen LogP) is 2.67. The van der Waals surface area contributed by atoms with Crippen molar-refractivity contribution in [1.29, 1.82) is 0 Å². The van der Waals surface area contributed by atoms with E-state index in [4.69, 9.17) is 0 Å². The summed E-state index contributed by atoms with van der Waals surface area (Å²) in [7, 11) is 0. The van der Waals surface area contributed by atoms with Crippen molar-refractivity contribution in [2.24, 2.45) is 11.8 Å². The van der Waals surface area contributed by atoms with E-state index in [0.29, 0.717) is 31.1 Å². The molecule has 0 saturated carbocycles. The normalized spacial score (nSPS) is 26.8. The molecule has 2 atom stereocenters. The number of hydrogen-bond donors (Lipinski definition) is 0. The monoisotopic (exact) mass is 294 g/mol. The van der Waals surface area contributed by atoms with Crippen LogP contribution in [-0.2, 0) is 9.59 Å². The van der Waals surface area contributed by atoms with Crippen molar-refractivity contribution in [2.75, 3.05) is 26.2 Å². The molecule has 2 fully saturated rings. The van der Waals surface area contributed by atoms with Crippen LogP contribution in [0.3, 0.4) is 0 Å². The van der Waals surface area contributed by atoms with Crippen LogP contribution in [0.5, 0.6) is 0 Å². The number of carbonyl (C=O) groups is 2. The Labute approximate surface area is 128 Å². The fraction of sp³-hybridized carbons (Fsp3) is 0.882. The first-order valence-electron chi connectivity index (χ1n) is 8.62. The van der Waals surface area contributed by atoms with Crippen molar-refractivity contribution in [2.45, 2.75) is 58.8 Å². The molecule has 0 aromatic rings.